The largest absolute Gasteiger partial charge is 0.393 e. The lowest BCUT2D eigenvalue weighted by molar-refractivity contribution is 0.0223. The van der Waals surface area contributed by atoms with E-state index in [4.69, 9.17) is 0 Å². The van der Waals surface area contributed by atoms with Gasteiger partial charge in [-0.05, 0) is 103 Å². The predicted octanol–water partition coefficient (Wildman–Crippen LogP) is 7.60. The van der Waals surface area contributed by atoms with Gasteiger partial charge in [-0.3, -0.25) is 0 Å². The Morgan fingerprint density at radius 3 is 2.59 bits per heavy atom. The molecule has 2 saturated carbocycles. The second kappa shape index (κ2) is 7.54. The van der Waals surface area contributed by atoms with Crippen molar-refractivity contribution in [1.82, 2.24) is 0 Å². The van der Waals surface area contributed by atoms with E-state index in [1.807, 2.05) is 5.57 Å². The highest BCUT2D eigenvalue weighted by atomic mass is 16.3. The van der Waals surface area contributed by atoms with Crippen molar-refractivity contribution >= 4 is 0 Å². The summed E-state index contributed by atoms with van der Waals surface area (Å²) in [4.78, 5) is 0. The fraction of sp³-hybridized carbons (Fsp3) is 0.857. The van der Waals surface area contributed by atoms with Crippen molar-refractivity contribution in [3.8, 4) is 0 Å². The Hall–Kier alpha value is -0.560. The van der Waals surface area contributed by atoms with Gasteiger partial charge < -0.3 is 5.11 Å². The summed E-state index contributed by atoms with van der Waals surface area (Å²) in [6.45, 7) is 7.78. The van der Waals surface area contributed by atoms with E-state index in [0.717, 1.165) is 36.5 Å². The zero-order chi connectivity index (χ0) is 20.2. The first-order chi connectivity index (χ1) is 13.9. The number of allylic oxidation sites excluding steroid dienone is 4. The molecule has 6 atom stereocenters. The molecule has 29 heavy (non-hydrogen) atoms. The summed E-state index contributed by atoms with van der Waals surface area (Å²) in [5, 5.41) is 10.3. The van der Waals surface area contributed by atoms with E-state index in [0.29, 0.717) is 10.8 Å². The number of hydrogen-bond acceptors (Lipinski definition) is 1. The zero-order valence-corrected chi connectivity index (χ0v) is 19.3. The standard InChI is InChI=1S/C28H44O/c1-19(17-20-7-5-4-6-8-20)24-11-12-25-23-10-9-21-18-22(29)13-15-27(21,2)26(23)14-16-28(24,25)3/h12,19-22,24,29H,4-11,13-18H2,1-3H3/t19-,21?,22?,24-,27+,28-/m1/s1. The first-order valence-corrected chi connectivity index (χ1v) is 13.0. The highest BCUT2D eigenvalue weighted by Gasteiger charge is 2.53. The minimum Gasteiger partial charge on any atom is -0.393 e. The number of aliphatic hydroxyl groups is 1. The summed E-state index contributed by atoms with van der Waals surface area (Å²) in [5.41, 5.74) is 6.21. The quantitative estimate of drug-likeness (QED) is 0.521. The second-order valence-electron chi connectivity index (χ2n) is 12.1. The Kier molecular flexibility index (Phi) is 5.29. The molecule has 0 amide bonds. The smallest absolute Gasteiger partial charge is 0.0543 e. The molecule has 0 saturated heterocycles. The maximum Gasteiger partial charge on any atom is 0.0543 e. The number of aliphatic hydroxyl groups excluding tert-OH is 1. The normalized spacial score (nSPS) is 44.0. The van der Waals surface area contributed by atoms with E-state index in [9.17, 15) is 5.11 Å². The first kappa shape index (κ1) is 20.3. The van der Waals surface area contributed by atoms with Crippen LogP contribution in [0.1, 0.15) is 111 Å². The van der Waals surface area contributed by atoms with Crippen LogP contribution in [0.2, 0.25) is 0 Å². The van der Waals surface area contributed by atoms with Gasteiger partial charge in [-0.15, -0.1) is 0 Å². The molecule has 2 fully saturated rings. The molecule has 0 heterocycles. The van der Waals surface area contributed by atoms with Crippen molar-refractivity contribution in [2.75, 3.05) is 0 Å². The zero-order valence-electron chi connectivity index (χ0n) is 19.3. The fourth-order valence-electron chi connectivity index (χ4n) is 8.84. The fourth-order valence-corrected chi connectivity index (χ4v) is 8.84. The highest BCUT2D eigenvalue weighted by Crippen LogP contribution is 2.64. The molecule has 0 aromatic rings. The first-order valence-electron chi connectivity index (χ1n) is 13.0. The summed E-state index contributed by atoms with van der Waals surface area (Å²) < 4.78 is 0. The Bertz CT molecular complexity index is 695. The van der Waals surface area contributed by atoms with E-state index in [1.165, 1.54) is 77.0 Å². The second-order valence-corrected chi connectivity index (χ2v) is 12.1. The Morgan fingerprint density at radius 2 is 1.79 bits per heavy atom. The molecule has 0 aromatic carbocycles. The molecule has 1 N–H and O–H groups in total. The third kappa shape index (κ3) is 3.29. The van der Waals surface area contributed by atoms with Crippen LogP contribution in [0.25, 0.3) is 0 Å². The molecule has 5 aliphatic rings. The Morgan fingerprint density at radius 1 is 1.00 bits per heavy atom. The summed E-state index contributed by atoms with van der Waals surface area (Å²) in [6.07, 6.45) is 21.5. The number of rotatable bonds is 3. The van der Waals surface area contributed by atoms with Gasteiger partial charge in [0.2, 0.25) is 0 Å². The van der Waals surface area contributed by atoms with Gasteiger partial charge in [-0.2, -0.15) is 0 Å². The van der Waals surface area contributed by atoms with Crippen LogP contribution < -0.4 is 0 Å². The summed E-state index contributed by atoms with van der Waals surface area (Å²) >= 11 is 0. The van der Waals surface area contributed by atoms with E-state index < -0.39 is 0 Å². The molecule has 2 unspecified atom stereocenters. The molecule has 1 heteroatoms. The van der Waals surface area contributed by atoms with E-state index in [1.54, 1.807) is 11.1 Å². The van der Waals surface area contributed by atoms with Crippen molar-refractivity contribution < 1.29 is 5.11 Å². The van der Waals surface area contributed by atoms with Crippen molar-refractivity contribution in [1.29, 1.82) is 0 Å². The highest BCUT2D eigenvalue weighted by molar-refractivity contribution is 5.49. The average Bonchev–Trinajstić information content (AvgIpc) is 3.06. The van der Waals surface area contributed by atoms with Gasteiger partial charge in [0.1, 0.15) is 0 Å². The van der Waals surface area contributed by atoms with Gasteiger partial charge in [-0.25, -0.2) is 0 Å². The van der Waals surface area contributed by atoms with Gasteiger partial charge in [-0.1, -0.05) is 64.5 Å². The summed E-state index contributed by atoms with van der Waals surface area (Å²) in [6, 6.07) is 0. The number of hydrogen-bond donors (Lipinski definition) is 1. The van der Waals surface area contributed by atoms with Crippen molar-refractivity contribution in [3.63, 3.8) is 0 Å². The molecule has 0 radical (unpaired) electrons. The molecule has 0 bridgehead atoms. The van der Waals surface area contributed by atoms with Gasteiger partial charge in [0, 0.05) is 0 Å². The Balaban J connectivity index is 1.37. The lowest BCUT2D eigenvalue weighted by Gasteiger charge is -2.54. The van der Waals surface area contributed by atoms with Crippen LogP contribution in [0.4, 0.5) is 0 Å². The predicted molar refractivity (Wildman–Crippen MR) is 122 cm³/mol. The average molecular weight is 397 g/mol. The molecule has 5 aliphatic carbocycles. The van der Waals surface area contributed by atoms with E-state index in [2.05, 4.69) is 26.8 Å². The van der Waals surface area contributed by atoms with Gasteiger partial charge >= 0.3 is 0 Å². The van der Waals surface area contributed by atoms with Crippen LogP contribution in [0, 0.1) is 34.5 Å². The minimum absolute atomic E-state index is 0.0419. The minimum atomic E-state index is -0.0419. The Labute approximate surface area is 179 Å². The lowest BCUT2D eigenvalue weighted by atomic mass is 9.51. The molecule has 0 aromatic heterocycles. The third-order valence-electron chi connectivity index (χ3n) is 10.6. The van der Waals surface area contributed by atoms with Crippen LogP contribution in [0.15, 0.2) is 22.8 Å². The molecular formula is C28H44O. The van der Waals surface area contributed by atoms with Gasteiger partial charge in [0.05, 0.1) is 6.10 Å². The van der Waals surface area contributed by atoms with Gasteiger partial charge in [0.15, 0.2) is 0 Å². The topological polar surface area (TPSA) is 20.2 Å². The lowest BCUT2D eigenvalue weighted by Crippen LogP contribution is -2.44. The summed E-state index contributed by atoms with van der Waals surface area (Å²) in [5.74, 6) is 3.47. The molecule has 1 nitrogen and oxygen atoms in total. The number of fused-ring (bicyclic) bond motifs is 4. The molecular weight excluding hydrogens is 352 g/mol. The SMILES string of the molecule is C[C@H](CC1CCCCC1)[C@H]1CC=C2C3=C(CC[C@@]21C)[C@@]1(C)CCC(O)CC1CC3. The van der Waals surface area contributed by atoms with Crippen LogP contribution in [-0.2, 0) is 0 Å². The van der Waals surface area contributed by atoms with Crippen LogP contribution in [0.3, 0.4) is 0 Å². The molecule has 0 spiro atoms. The van der Waals surface area contributed by atoms with Crippen LogP contribution in [0.5, 0.6) is 0 Å². The van der Waals surface area contributed by atoms with Crippen molar-refractivity contribution in [3.05, 3.63) is 22.8 Å². The maximum atomic E-state index is 10.3. The maximum absolute atomic E-state index is 10.3. The van der Waals surface area contributed by atoms with Gasteiger partial charge in [0.25, 0.3) is 0 Å². The van der Waals surface area contributed by atoms with Crippen LogP contribution in [-0.4, -0.2) is 11.2 Å². The molecule has 162 valence electrons. The van der Waals surface area contributed by atoms with Crippen LogP contribution >= 0.6 is 0 Å². The summed E-state index contributed by atoms with van der Waals surface area (Å²) in [7, 11) is 0. The van der Waals surface area contributed by atoms with Crippen molar-refractivity contribution in [2.24, 2.45) is 34.5 Å². The van der Waals surface area contributed by atoms with E-state index in [-0.39, 0.29) is 6.10 Å². The third-order valence-corrected chi connectivity index (χ3v) is 10.6. The monoisotopic (exact) mass is 396 g/mol. The molecule has 5 rings (SSSR count). The molecule has 0 aliphatic heterocycles. The van der Waals surface area contributed by atoms with Crippen molar-refractivity contribution in [2.45, 2.75) is 117 Å². The van der Waals surface area contributed by atoms with E-state index >= 15 is 0 Å².